The fourth-order valence-corrected chi connectivity index (χ4v) is 2.33. The molecule has 0 rings (SSSR count). The molecule has 2 amide bonds. The zero-order valence-corrected chi connectivity index (χ0v) is 17.0. The molecule has 0 saturated heterocycles. The number of guanidine groups is 2. The summed E-state index contributed by atoms with van der Waals surface area (Å²) in [5.41, 5.74) is 26.5. The van der Waals surface area contributed by atoms with Crippen LogP contribution in [0.2, 0.25) is 0 Å². The Morgan fingerprint density at radius 3 is 1.72 bits per heavy atom. The van der Waals surface area contributed by atoms with Crippen molar-refractivity contribution in [3.63, 3.8) is 0 Å². The number of nitrogens with two attached hydrogens (primary N) is 5. The van der Waals surface area contributed by atoms with Crippen molar-refractivity contribution < 1.29 is 19.5 Å². The van der Waals surface area contributed by atoms with Crippen molar-refractivity contribution in [1.29, 1.82) is 0 Å². The number of nitrogens with one attached hydrogen (secondary N) is 2. The van der Waals surface area contributed by atoms with Crippen LogP contribution < -0.4 is 39.3 Å². The molecule has 0 saturated carbocycles. The van der Waals surface area contributed by atoms with E-state index >= 15 is 0 Å². The van der Waals surface area contributed by atoms with Gasteiger partial charge in [0.2, 0.25) is 11.8 Å². The van der Waals surface area contributed by atoms with E-state index in [0.29, 0.717) is 12.8 Å². The van der Waals surface area contributed by atoms with E-state index in [0.717, 1.165) is 0 Å². The molecule has 0 aromatic heterocycles. The number of hydrogen-bond acceptors (Lipinski definition) is 7. The second-order valence-corrected chi connectivity index (χ2v) is 6.51. The highest BCUT2D eigenvalue weighted by Gasteiger charge is 2.27. The minimum absolute atomic E-state index is 0.0801. The second-order valence-electron chi connectivity index (χ2n) is 6.15. The van der Waals surface area contributed by atoms with E-state index in [9.17, 15) is 19.5 Å². The molecule has 29 heavy (non-hydrogen) atoms. The molecule has 0 bridgehead atoms. The summed E-state index contributed by atoms with van der Waals surface area (Å²) in [5.74, 6) is -2.59. The van der Waals surface area contributed by atoms with E-state index in [1.807, 2.05) is 0 Å². The molecule has 13 N–H and O–H groups in total. The quantitative estimate of drug-likeness (QED) is 0.0567. The zero-order valence-electron chi connectivity index (χ0n) is 16.1. The monoisotopic (exact) mass is 433 g/mol. The summed E-state index contributed by atoms with van der Waals surface area (Å²) in [7, 11) is 0. The normalized spacial score (nSPS) is 13.4. The third-order valence-electron chi connectivity index (χ3n) is 3.67. The third-order valence-corrected chi connectivity index (χ3v) is 4.07. The van der Waals surface area contributed by atoms with Gasteiger partial charge < -0.3 is 44.4 Å². The van der Waals surface area contributed by atoms with Gasteiger partial charge in [-0.25, -0.2) is 4.79 Å². The smallest absolute Gasteiger partial charge is 0.326 e. The van der Waals surface area contributed by atoms with Gasteiger partial charge in [-0.1, -0.05) is 0 Å². The number of carbonyl (C=O) groups excluding carboxylic acids is 2. The molecule has 3 unspecified atom stereocenters. The maximum absolute atomic E-state index is 12.6. The number of thiol groups is 1. The molecule has 13 nitrogen and oxygen atoms in total. The lowest BCUT2D eigenvalue weighted by Gasteiger charge is -2.22. The maximum Gasteiger partial charge on any atom is 0.326 e. The molecule has 14 heteroatoms. The molecule has 0 fully saturated rings. The number of hydrogen-bond donors (Lipinski definition) is 9. The number of nitrogens with zero attached hydrogens (tertiary/aromatic N) is 2. The van der Waals surface area contributed by atoms with Crippen LogP contribution in [0.4, 0.5) is 0 Å². The fourth-order valence-electron chi connectivity index (χ4n) is 2.17. The van der Waals surface area contributed by atoms with Crippen molar-refractivity contribution in [2.75, 3.05) is 18.8 Å². The van der Waals surface area contributed by atoms with Crippen LogP contribution in [0.3, 0.4) is 0 Å². The summed E-state index contributed by atoms with van der Waals surface area (Å²) in [4.78, 5) is 43.6. The summed E-state index contributed by atoms with van der Waals surface area (Å²) in [6.07, 6.45) is 0.979. The van der Waals surface area contributed by atoms with Crippen LogP contribution in [0.5, 0.6) is 0 Å². The molecule has 0 radical (unpaired) electrons. The van der Waals surface area contributed by atoms with Gasteiger partial charge in [-0.3, -0.25) is 19.6 Å². The first-order chi connectivity index (χ1) is 13.6. The number of carbonyl (C=O) groups is 3. The number of carboxylic acid groups (broad SMARTS) is 1. The Hall–Kier alpha value is -2.74. The van der Waals surface area contributed by atoms with E-state index in [1.165, 1.54) is 0 Å². The van der Waals surface area contributed by atoms with Crippen molar-refractivity contribution in [2.45, 2.75) is 43.8 Å². The van der Waals surface area contributed by atoms with Crippen LogP contribution in [0.15, 0.2) is 9.98 Å². The molecule has 0 aliphatic carbocycles. The van der Waals surface area contributed by atoms with Crippen molar-refractivity contribution >= 4 is 42.3 Å². The van der Waals surface area contributed by atoms with E-state index in [2.05, 4.69) is 33.2 Å². The minimum atomic E-state index is -1.22. The highest BCUT2D eigenvalue weighted by Crippen LogP contribution is 2.04. The number of amides is 2. The van der Waals surface area contributed by atoms with E-state index in [4.69, 9.17) is 28.7 Å². The lowest BCUT2D eigenvalue weighted by Crippen LogP contribution is -2.54. The largest absolute Gasteiger partial charge is 0.480 e. The van der Waals surface area contributed by atoms with Gasteiger partial charge in [-0.2, -0.15) is 12.6 Å². The minimum Gasteiger partial charge on any atom is -0.480 e. The van der Waals surface area contributed by atoms with Crippen molar-refractivity contribution in [1.82, 2.24) is 10.6 Å². The van der Waals surface area contributed by atoms with Crippen LogP contribution in [0.25, 0.3) is 0 Å². The van der Waals surface area contributed by atoms with Crippen molar-refractivity contribution in [3.8, 4) is 0 Å². The summed E-state index contributed by atoms with van der Waals surface area (Å²) in [6.45, 7) is 0.457. The SMILES string of the molecule is NC(N)=NCCCC(NC(=O)C(CCCN=C(N)N)NC(=O)C(N)CS)C(=O)O. The molecule has 0 aliphatic heterocycles. The molecule has 0 aliphatic rings. The second kappa shape index (κ2) is 14.3. The van der Waals surface area contributed by atoms with Crippen LogP contribution >= 0.6 is 12.6 Å². The van der Waals surface area contributed by atoms with Crippen molar-refractivity contribution in [3.05, 3.63) is 0 Å². The summed E-state index contributed by atoms with van der Waals surface area (Å²) < 4.78 is 0. The van der Waals surface area contributed by atoms with Crippen LogP contribution in [-0.4, -0.2) is 71.8 Å². The predicted molar refractivity (Wildman–Crippen MR) is 113 cm³/mol. The topological polar surface area (TPSA) is 250 Å². The third kappa shape index (κ3) is 12.4. The van der Waals surface area contributed by atoms with Gasteiger partial charge in [-0.05, 0) is 25.7 Å². The zero-order chi connectivity index (χ0) is 22.4. The van der Waals surface area contributed by atoms with Crippen LogP contribution in [-0.2, 0) is 14.4 Å². The molecule has 0 heterocycles. The molecule has 0 aromatic carbocycles. The number of rotatable bonds is 14. The predicted octanol–water partition coefficient (Wildman–Crippen LogP) is -3.60. The molecule has 166 valence electrons. The molecular formula is C15H31N9O4S. The summed E-state index contributed by atoms with van der Waals surface area (Å²) in [5, 5.41) is 14.2. The molecular weight excluding hydrogens is 402 g/mol. The first kappa shape index (κ1) is 26.3. The lowest BCUT2D eigenvalue weighted by atomic mass is 10.1. The average Bonchev–Trinajstić information content (AvgIpc) is 2.64. The maximum atomic E-state index is 12.6. The average molecular weight is 434 g/mol. The molecule has 0 aromatic rings. The Balaban J connectivity index is 5.01. The van der Waals surface area contributed by atoms with E-state index in [-0.39, 0.29) is 43.6 Å². The van der Waals surface area contributed by atoms with Gasteiger partial charge in [0.1, 0.15) is 12.1 Å². The van der Waals surface area contributed by atoms with Crippen LogP contribution in [0, 0.1) is 0 Å². The van der Waals surface area contributed by atoms with Gasteiger partial charge in [0.15, 0.2) is 11.9 Å². The Morgan fingerprint density at radius 2 is 1.31 bits per heavy atom. The Bertz CT molecular complexity index is 607. The van der Waals surface area contributed by atoms with Gasteiger partial charge in [0, 0.05) is 18.8 Å². The summed E-state index contributed by atoms with van der Waals surface area (Å²) >= 11 is 3.94. The number of aliphatic imine (C=N–C) groups is 2. The number of carboxylic acids is 1. The Morgan fingerprint density at radius 1 is 0.862 bits per heavy atom. The van der Waals surface area contributed by atoms with Gasteiger partial charge in [-0.15, -0.1) is 0 Å². The Kier molecular flexibility index (Phi) is 12.9. The fraction of sp³-hybridized carbons (Fsp3) is 0.667. The molecule has 3 atom stereocenters. The Labute approximate surface area is 174 Å². The first-order valence-corrected chi connectivity index (χ1v) is 9.52. The highest BCUT2D eigenvalue weighted by molar-refractivity contribution is 7.80. The summed E-state index contributed by atoms with van der Waals surface area (Å²) in [6, 6.07) is -3.10. The number of aliphatic carboxylic acids is 1. The molecule has 0 spiro atoms. The van der Waals surface area contributed by atoms with E-state index in [1.54, 1.807) is 0 Å². The van der Waals surface area contributed by atoms with Gasteiger partial charge in [0.25, 0.3) is 0 Å². The van der Waals surface area contributed by atoms with Gasteiger partial charge >= 0.3 is 5.97 Å². The highest BCUT2D eigenvalue weighted by atomic mass is 32.1. The first-order valence-electron chi connectivity index (χ1n) is 8.89. The lowest BCUT2D eigenvalue weighted by molar-refractivity contribution is -0.142. The van der Waals surface area contributed by atoms with Gasteiger partial charge in [0.05, 0.1) is 6.04 Å². The van der Waals surface area contributed by atoms with Crippen molar-refractivity contribution in [2.24, 2.45) is 38.7 Å². The standard InChI is InChI=1S/C15H31N9O4S/c16-8(7-29)11(25)23-9(3-1-5-21-14(17)18)12(26)24-10(13(27)28)4-2-6-22-15(19)20/h8-10,29H,1-7,16H2,(H,23,25)(H,24,26)(H,27,28)(H4,17,18,21)(H4,19,20,22). The van der Waals surface area contributed by atoms with Crippen LogP contribution in [0.1, 0.15) is 25.7 Å². The van der Waals surface area contributed by atoms with E-state index < -0.39 is 35.9 Å².